The highest BCUT2D eigenvalue weighted by Gasteiger charge is 2.38. The van der Waals surface area contributed by atoms with Crippen LogP contribution in [-0.4, -0.2) is 18.0 Å². The van der Waals surface area contributed by atoms with Crippen LogP contribution in [0, 0.1) is 5.92 Å². The number of nitrogens with one attached hydrogen (secondary N) is 2. The summed E-state index contributed by atoms with van der Waals surface area (Å²) >= 11 is 0. The summed E-state index contributed by atoms with van der Waals surface area (Å²) in [5.74, 6) is 0.470. The van der Waals surface area contributed by atoms with E-state index in [1.54, 1.807) is 12.1 Å². The van der Waals surface area contributed by atoms with Crippen LogP contribution in [0.2, 0.25) is 0 Å². The zero-order chi connectivity index (χ0) is 14.8. The quantitative estimate of drug-likeness (QED) is 0.896. The number of rotatable bonds is 3. The Balaban J connectivity index is 1.63. The van der Waals surface area contributed by atoms with Crippen molar-refractivity contribution in [3.63, 3.8) is 0 Å². The van der Waals surface area contributed by atoms with Crippen molar-refractivity contribution in [2.75, 3.05) is 5.32 Å². The predicted molar refractivity (Wildman–Crippen MR) is 77.3 cm³/mol. The average molecular weight is 294 g/mol. The second-order valence-corrected chi connectivity index (χ2v) is 6.02. The number of amides is 1. The Morgan fingerprint density at radius 2 is 2.10 bits per heavy atom. The Bertz CT molecular complexity index is 507. The van der Waals surface area contributed by atoms with E-state index in [-0.39, 0.29) is 17.5 Å². The smallest absolute Gasteiger partial charge is 0.263 e. The van der Waals surface area contributed by atoms with E-state index in [1.807, 2.05) is 0 Å². The summed E-state index contributed by atoms with van der Waals surface area (Å²) in [7, 11) is 0. The summed E-state index contributed by atoms with van der Waals surface area (Å²) in [4.78, 5) is 12.3. The highest BCUT2D eigenvalue weighted by atomic mass is 19.3. The number of benzene rings is 1. The lowest BCUT2D eigenvalue weighted by Gasteiger charge is -2.24. The second kappa shape index (κ2) is 6.10. The lowest BCUT2D eigenvalue weighted by molar-refractivity contribution is -0.117. The van der Waals surface area contributed by atoms with E-state index in [0.29, 0.717) is 17.6 Å². The maximum absolute atomic E-state index is 12.7. The zero-order valence-electron chi connectivity index (χ0n) is 11.8. The summed E-state index contributed by atoms with van der Waals surface area (Å²) in [6, 6.07) is 6.13. The Morgan fingerprint density at radius 3 is 2.86 bits per heavy atom. The number of alkyl halides is 2. The van der Waals surface area contributed by atoms with E-state index in [2.05, 4.69) is 10.6 Å². The van der Waals surface area contributed by atoms with Crippen molar-refractivity contribution in [2.24, 2.45) is 5.92 Å². The van der Waals surface area contributed by atoms with Gasteiger partial charge in [0.2, 0.25) is 5.91 Å². The normalized spacial score (nSPS) is 28.4. The van der Waals surface area contributed by atoms with Gasteiger partial charge in [-0.15, -0.1) is 0 Å². The van der Waals surface area contributed by atoms with Crippen LogP contribution in [0.4, 0.5) is 14.5 Å². The summed E-state index contributed by atoms with van der Waals surface area (Å²) in [5.41, 5.74) is 0.371. The van der Waals surface area contributed by atoms with Crippen LogP contribution in [0.3, 0.4) is 0 Å². The first-order chi connectivity index (χ1) is 10.1. The van der Waals surface area contributed by atoms with Gasteiger partial charge in [0, 0.05) is 17.3 Å². The van der Waals surface area contributed by atoms with Gasteiger partial charge in [0.25, 0.3) is 6.43 Å². The van der Waals surface area contributed by atoms with E-state index in [9.17, 15) is 13.6 Å². The molecule has 2 fully saturated rings. The molecule has 3 atom stereocenters. The molecule has 1 aromatic carbocycles. The number of hydrogen-bond acceptors (Lipinski definition) is 2. The molecule has 0 spiro atoms. The molecule has 1 heterocycles. The van der Waals surface area contributed by atoms with Gasteiger partial charge in [0.1, 0.15) is 0 Å². The minimum atomic E-state index is -2.52. The van der Waals surface area contributed by atoms with Crippen molar-refractivity contribution in [3.8, 4) is 0 Å². The molecule has 1 saturated carbocycles. The molecule has 0 radical (unpaired) electrons. The van der Waals surface area contributed by atoms with Crippen molar-refractivity contribution in [1.82, 2.24) is 5.32 Å². The van der Waals surface area contributed by atoms with E-state index >= 15 is 0 Å². The second-order valence-electron chi connectivity index (χ2n) is 6.02. The van der Waals surface area contributed by atoms with Crippen LogP contribution in [0.25, 0.3) is 0 Å². The molecule has 1 aliphatic heterocycles. The predicted octanol–water partition coefficient (Wildman–Crippen LogP) is 3.48. The SMILES string of the molecule is O=C(Nc1cccc(C(F)F)c1)C1CC2CCCCC2N1. The standard InChI is InChI=1S/C16H20F2N2O/c17-15(18)11-5-3-6-12(8-11)19-16(21)14-9-10-4-1-2-7-13(10)20-14/h3,5-6,8,10,13-15,20H,1-2,4,7,9H2,(H,19,21). The largest absolute Gasteiger partial charge is 0.325 e. The molecule has 1 aliphatic carbocycles. The molecule has 5 heteroatoms. The molecule has 0 bridgehead atoms. The molecule has 2 aliphatic rings. The molecule has 3 rings (SSSR count). The van der Waals surface area contributed by atoms with Crippen LogP contribution in [0.5, 0.6) is 0 Å². The topological polar surface area (TPSA) is 41.1 Å². The van der Waals surface area contributed by atoms with E-state index in [0.717, 1.165) is 12.8 Å². The molecular weight excluding hydrogens is 274 g/mol. The third-order valence-corrected chi connectivity index (χ3v) is 4.59. The minimum absolute atomic E-state index is 0.0687. The Morgan fingerprint density at radius 1 is 1.29 bits per heavy atom. The monoisotopic (exact) mass is 294 g/mol. The Kier molecular flexibility index (Phi) is 4.19. The van der Waals surface area contributed by atoms with Gasteiger partial charge in [-0.05, 0) is 37.3 Å². The maximum Gasteiger partial charge on any atom is 0.263 e. The first kappa shape index (κ1) is 14.4. The summed E-state index contributed by atoms with van der Waals surface area (Å²) < 4.78 is 25.3. The molecule has 3 nitrogen and oxygen atoms in total. The van der Waals surface area contributed by atoms with Crippen molar-refractivity contribution in [2.45, 2.75) is 50.6 Å². The van der Waals surface area contributed by atoms with Crippen LogP contribution < -0.4 is 10.6 Å². The number of halogens is 2. The third-order valence-electron chi connectivity index (χ3n) is 4.59. The highest BCUT2D eigenvalue weighted by Crippen LogP contribution is 2.33. The number of carbonyl (C=O) groups is 1. The summed E-state index contributed by atoms with van der Waals surface area (Å²) in [6.07, 6.45) is 3.12. The van der Waals surface area contributed by atoms with Crippen LogP contribution in [0.15, 0.2) is 24.3 Å². The summed E-state index contributed by atoms with van der Waals surface area (Å²) in [5, 5.41) is 6.14. The van der Waals surface area contributed by atoms with Gasteiger partial charge in [0.05, 0.1) is 6.04 Å². The zero-order valence-corrected chi connectivity index (χ0v) is 11.8. The molecular formula is C16H20F2N2O. The van der Waals surface area contributed by atoms with E-state index < -0.39 is 6.43 Å². The average Bonchev–Trinajstić information content (AvgIpc) is 2.91. The van der Waals surface area contributed by atoms with Crippen molar-refractivity contribution in [3.05, 3.63) is 29.8 Å². The lowest BCUT2D eigenvalue weighted by Crippen LogP contribution is -2.39. The van der Waals surface area contributed by atoms with Crippen LogP contribution in [0.1, 0.15) is 44.1 Å². The molecule has 3 unspecified atom stereocenters. The van der Waals surface area contributed by atoms with Crippen molar-refractivity contribution >= 4 is 11.6 Å². The van der Waals surface area contributed by atoms with Gasteiger partial charge in [-0.2, -0.15) is 0 Å². The van der Waals surface area contributed by atoms with Gasteiger partial charge >= 0.3 is 0 Å². The first-order valence-electron chi connectivity index (χ1n) is 7.58. The molecule has 0 aromatic heterocycles. The van der Waals surface area contributed by atoms with Crippen LogP contribution in [-0.2, 0) is 4.79 Å². The third kappa shape index (κ3) is 3.23. The number of carbonyl (C=O) groups excluding carboxylic acids is 1. The maximum atomic E-state index is 12.7. The van der Waals surface area contributed by atoms with E-state index in [1.165, 1.54) is 31.4 Å². The fraction of sp³-hybridized carbons (Fsp3) is 0.562. The highest BCUT2D eigenvalue weighted by molar-refractivity contribution is 5.95. The van der Waals surface area contributed by atoms with E-state index in [4.69, 9.17) is 0 Å². The van der Waals surface area contributed by atoms with Crippen molar-refractivity contribution < 1.29 is 13.6 Å². The fourth-order valence-corrected chi connectivity index (χ4v) is 3.50. The fourth-order valence-electron chi connectivity index (χ4n) is 3.50. The van der Waals surface area contributed by atoms with Crippen molar-refractivity contribution in [1.29, 1.82) is 0 Å². The molecule has 114 valence electrons. The molecule has 2 N–H and O–H groups in total. The minimum Gasteiger partial charge on any atom is -0.325 e. The Labute approximate surface area is 123 Å². The van der Waals surface area contributed by atoms with Gasteiger partial charge in [-0.25, -0.2) is 8.78 Å². The van der Waals surface area contributed by atoms with Gasteiger partial charge in [-0.3, -0.25) is 4.79 Å². The number of hydrogen-bond donors (Lipinski definition) is 2. The number of anilines is 1. The number of fused-ring (bicyclic) bond motifs is 1. The van der Waals surface area contributed by atoms with Gasteiger partial charge in [-0.1, -0.05) is 25.0 Å². The lowest BCUT2D eigenvalue weighted by atomic mass is 9.85. The van der Waals surface area contributed by atoms with Gasteiger partial charge < -0.3 is 10.6 Å². The Hall–Kier alpha value is -1.49. The first-order valence-corrected chi connectivity index (χ1v) is 7.58. The molecule has 21 heavy (non-hydrogen) atoms. The molecule has 1 saturated heterocycles. The molecule has 1 aromatic rings. The molecule has 1 amide bonds. The van der Waals surface area contributed by atoms with Gasteiger partial charge in [0.15, 0.2) is 0 Å². The van der Waals surface area contributed by atoms with Crippen LogP contribution >= 0.6 is 0 Å². The summed E-state index contributed by atoms with van der Waals surface area (Å²) in [6.45, 7) is 0.